The minimum Gasteiger partial charge on any atom is -0.347 e. The van der Waals surface area contributed by atoms with Crippen molar-refractivity contribution in [2.75, 3.05) is 35.8 Å². The Kier molecular flexibility index (Phi) is 6.67. The summed E-state index contributed by atoms with van der Waals surface area (Å²) in [5.74, 6) is 6.94. The van der Waals surface area contributed by atoms with Crippen molar-refractivity contribution in [2.45, 2.75) is 58.0 Å². The molecule has 1 amide bonds. The molecule has 0 radical (unpaired) electrons. The van der Waals surface area contributed by atoms with Crippen LogP contribution in [0.2, 0.25) is 0 Å². The van der Waals surface area contributed by atoms with Crippen LogP contribution in [0.15, 0.2) is 29.5 Å². The zero-order valence-electron chi connectivity index (χ0n) is 20.0. The molecule has 33 heavy (non-hydrogen) atoms. The number of hydrazone groups is 1. The van der Waals surface area contributed by atoms with E-state index in [0.717, 1.165) is 35.7 Å². The van der Waals surface area contributed by atoms with Crippen molar-refractivity contribution in [3.63, 3.8) is 0 Å². The van der Waals surface area contributed by atoms with E-state index in [0.29, 0.717) is 23.6 Å². The maximum atomic E-state index is 12.3. The Hall–Kier alpha value is -3.36. The Morgan fingerprint density at radius 3 is 2.73 bits per heavy atom. The first kappa shape index (κ1) is 22.8. The molecule has 1 aliphatic heterocycles. The normalized spacial score (nSPS) is 18.6. The molecular formula is C24H34N8O. The van der Waals surface area contributed by atoms with E-state index >= 15 is 0 Å². The van der Waals surface area contributed by atoms with E-state index in [4.69, 9.17) is 10.8 Å². The fraction of sp³-hybridized carbons (Fsp3) is 0.500. The van der Waals surface area contributed by atoms with Gasteiger partial charge in [0.25, 0.3) is 5.91 Å². The molecule has 176 valence electrons. The van der Waals surface area contributed by atoms with Crippen molar-refractivity contribution < 1.29 is 4.79 Å². The number of amides is 1. The first-order valence-electron chi connectivity index (χ1n) is 11.7. The van der Waals surface area contributed by atoms with Gasteiger partial charge in [-0.2, -0.15) is 10.1 Å². The van der Waals surface area contributed by atoms with E-state index in [2.05, 4.69) is 27.2 Å². The number of aryl methyl sites for hydroxylation is 1. The summed E-state index contributed by atoms with van der Waals surface area (Å²) in [6.07, 6.45) is 9.41. The quantitative estimate of drug-likeness (QED) is 0.301. The molecule has 1 unspecified atom stereocenters. The molecule has 2 aliphatic rings. The number of nitrogens with one attached hydrogen (secondary N) is 1. The summed E-state index contributed by atoms with van der Waals surface area (Å²) in [5.41, 5.74) is 3.42. The van der Waals surface area contributed by atoms with Crippen LogP contribution in [0, 0.1) is 6.92 Å². The van der Waals surface area contributed by atoms with Crippen molar-refractivity contribution in [1.29, 1.82) is 0 Å². The minimum absolute atomic E-state index is 0.0193. The summed E-state index contributed by atoms with van der Waals surface area (Å²) in [7, 11) is 3.51. The lowest BCUT2D eigenvalue weighted by Crippen LogP contribution is -2.52. The van der Waals surface area contributed by atoms with Crippen molar-refractivity contribution >= 4 is 35.4 Å². The van der Waals surface area contributed by atoms with Crippen LogP contribution < -0.4 is 21.0 Å². The van der Waals surface area contributed by atoms with Gasteiger partial charge in [-0.05, 0) is 49.9 Å². The number of rotatable bonds is 6. The topological polar surface area (TPSA) is 103 Å². The Morgan fingerprint density at radius 2 is 2.09 bits per heavy atom. The van der Waals surface area contributed by atoms with Crippen LogP contribution in [0.4, 0.5) is 23.1 Å². The molecule has 2 heterocycles. The smallest absolute Gasteiger partial charge is 0.253 e. The van der Waals surface area contributed by atoms with Crippen molar-refractivity contribution in [3.05, 3.63) is 35.5 Å². The Bertz CT molecular complexity index is 1030. The Labute approximate surface area is 195 Å². The number of fused-ring (bicyclic) bond motifs is 1. The lowest BCUT2D eigenvalue weighted by molar-refractivity contribution is 0.0827. The number of anilines is 4. The molecule has 1 aliphatic carbocycles. The van der Waals surface area contributed by atoms with Crippen molar-refractivity contribution in [3.8, 4) is 0 Å². The predicted octanol–water partition coefficient (Wildman–Crippen LogP) is 3.48. The fourth-order valence-corrected chi connectivity index (χ4v) is 4.89. The highest BCUT2D eigenvalue weighted by atomic mass is 16.2. The molecule has 3 N–H and O–H groups in total. The molecule has 0 bridgehead atoms. The molecule has 9 nitrogen and oxygen atoms in total. The van der Waals surface area contributed by atoms with Gasteiger partial charge in [0.1, 0.15) is 12.0 Å². The van der Waals surface area contributed by atoms with Gasteiger partial charge in [0.15, 0.2) is 5.82 Å². The molecule has 9 heteroatoms. The first-order chi connectivity index (χ1) is 15.9. The third-order valence-corrected chi connectivity index (χ3v) is 6.63. The molecule has 1 fully saturated rings. The number of carbonyl (C=O) groups is 1. The Balaban J connectivity index is 1.68. The maximum Gasteiger partial charge on any atom is 0.253 e. The molecular weight excluding hydrogens is 416 g/mol. The zero-order valence-corrected chi connectivity index (χ0v) is 20.0. The van der Waals surface area contributed by atoms with Gasteiger partial charge in [0.05, 0.1) is 6.20 Å². The number of aromatic nitrogens is 2. The summed E-state index contributed by atoms with van der Waals surface area (Å²) in [6.45, 7) is 5.01. The van der Waals surface area contributed by atoms with Gasteiger partial charge < -0.3 is 25.9 Å². The van der Waals surface area contributed by atoms with E-state index in [1.54, 1.807) is 25.3 Å². The largest absolute Gasteiger partial charge is 0.347 e. The summed E-state index contributed by atoms with van der Waals surface area (Å²) in [6, 6.07) is 6.45. The first-order valence-corrected chi connectivity index (χ1v) is 11.7. The number of benzene rings is 1. The van der Waals surface area contributed by atoms with Gasteiger partial charge in [-0.3, -0.25) is 4.79 Å². The van der Waals surface area contributed by atoms with Crippen LogP contribution in [0.3, 0.4) is 0 Å². The summed E-state index contributed by atoms with van der Waals surface area (Å²) in [4.78, 5) is 28.0. The number of nitrogens with zero attached hydrogens (tertiary/aromatic N) is 6. The lowest BCUT2D eigenvalue weighted by atomic mass is 10.0. The number of hydrogen-bond donors (Lipinski definition) is 2. The number of carbonyl (C=O) groups excluding carboxylic acids is 1. The highest BCUT2D eigenvalue weighted by Gasteiger charge is 2.36. The summed E-state index contributed by atoms with van der Waals surface area (Å²) in [5, 5.41) is 7.12. The van der Waals surface area contributed by atoms with E-state index in [9.17, 15) is 4.79 Å². The molecule has 1 aromatic heterocycles. The third-order valence-electron chi connectivity index (χ3n) is 6.63. The van der Waals surface area contributed by atoms with Gasteiger partial charge in [-0.1, -0.05) is 19.8 Å². The van der Waals surface area contributed by atoms with E-state index < -0.39 is 0 Å². The van der Waals surface area contributed by atoms with E-state index in [-0.39, 0.29) is 5.91 Å². The van der Waals surface area contributed by atoms with Crippen LogP contribution in [0.5, 0.6) is 0 Å². The molecule has 2 aromatic rings. The SMILES string of the molecule is CCC1CN(/C=N\N)c2cnc(Nc3ccc(C(=O)N(C)C)cc3C)nc2N1C1CCCC1. The summed E-state index contributed by atoms with van der Waals surface area (Å²) >= 11 is 0. The molecule has 0 saturated heterocycles. The Morgan fingerprint density at radius 1 is 1.33 bits per heavy atom. The van der Waals surface area contributed by atoms with Crippen LogP contribution in [0.1, 0.15) is 54.9 Å². The van der Waals surface area contributed by atoms with Gasteiger partial charge >= 0.3 is 0 Å². The second kappa shape index (κ2) is 9.64. The molecule has 1 saturated carbocycles. The van der Waals surface area contributed by atoms with Gasteiger partial charge in [0.2, 0.25) is 5.95 Å². The second-order valence-electron chi connectivity index (χ2n) is 9.08. The monoisotopic (exact) mass is 450 g/mol. The highest BCUT2D eigenvalue weighted by molar-refractivity contribution is 5.94. The van der Waals surface area contributed by atoms with Crippen LogP contribution in [-0.4, -0.2) is 59.8 Å². The molecule has 1 atom stereocenters. The van der Waals surface area contributed by atoms with Gasteiger partial charge in [-0.15, -0.1) is 0 Å². The van der Waals surface area contributed by atoms with Crippen LogP contribution in [-0.2, 0) is 0 Å². The van der Waals surface area contributed by atoms with Gasteiger partial charge in [0, 0.05) is 44.0 Å². The van der Waals surface area contributed by atoms with Crippen LogP contribution in [0.25, 0.3) is 0 Å². The van der Waals surface area contributed by atoms with E-state index in [1.165, 1.54) is 25.7 Å². The minimum atomic E-state index is -0.0193. The van der Waals surface area contributed by atoms with Crippen molar-refractivity contribution in [2.24, 2.45) is 10.9 Å². The average Bonchev–Trinajstić information content (AvgIpc) is 3.34. The van der Waals surface area contributed by atoms with E-state index in [1.807, 2.05) is 36.2 Å². The number of hydrogen-bond acceptors (Lipinski definition) is 7. The molecule has 0 spiro atoms. The van der Waals surface area contributed by atoms with Crippen molar-refractivity contribution in [1.82, 2.24) is 14.9 Å². The standard InChI is InChI=1S/C24H34N8O/c1-5-18-14-31(15-27-25)21-13-26-24(29-22(21)32(18)19-8-6-7-9-19)28-20-11-10-17(12-16(20)2)23(33)30(3)4/h10-13,15,18-19H,5-9,14,25H2,1-4H3,(H,26,28,29)/b27-15-. The fourth-order valence-electron chi connectivity index (χ4n) is 4.89. The third kappa shape index (κ3) is 4.58. The zero-order chi connectivity index (χ0) is 23.5. The highest BCUT2D eigenvalue weighted by Crippen LogP contribution is 2.39. The van der Waals surface area contributed by atoms with Gasteiger partial charge in [-0.25, -0.2) is 4.98 Å². The van der Waals surface area contributed by atoms with Crippen LogP contribution >= 0.6 is 0 Å². The molecule has 1 aromatic carbocycles. The molecule has 4 rings (SSSR count). The maximum absolute atomic E-state index is 12.3. The average molecular weight is 451 g/mol. The lowest BCUT2D eigenvalue weighted by Gasteiger charge is -2.44. The predicted molar refractivity (Wildman–Crippen MR) is 133 cm³/mol. The second-order valence-corrected chi connectivity index (χ2v) is 9.08. The summed E-state index contributed by atoms with van der Waals surface area (Å²) < 4.78 is 0. The number of nitrogens with two attached hydrogens (primary N) is 1.